The number of carbonyl (C=O) groups excluding carboxylic acids is 1. The second kappa shape index (κ2) is 6.12. The number of nitrogens with two attached hydrogens (primary N) is 1. The standard InChI is InChI=1S/C17H24N2O/c1-3-17(4-2)11-12-19(13-17)16(20)10-7-14-5-8-15(18)9-6-14/h5-10H,3-4,11-13,18H2,1-2H3/b10-7+. The summed E-state index contributed by atoms with van der Waals surface area (Å²) in [5.74, 6) is 0.116. The van der Waals surface area contributed by atoms with Gasteiger partial charge in [0, 0.05) is 24.9 Å². The minimum absolute atomic E-state index is 0.116. The average Bonchev–Trinajstić information content (AvgIpc) is 2.91. The van der Waals surface area contributed by atoms with E-state index in [9.17, 15) is 4.79 Å². The number of anilines is 1. The van der Waals surface area contributed by atoms with E-state index in [0.717, 1.165) is 43.6 Å². The molecule has 0 unspecified atom stereocenters. The quantitative estimate of drug-likeness (QED) is 0.675. The summed E-state index contributed by atoms with van der Waals surface area (Å²) in [7, 11) is 0. The van der Waals surface area contributed by atoms with E-state index in [4.69, 9.17) is 5.73 Å². The SMILES string of the molecule is CCC1(CC)CCN(C(=O)/C=C/c2ccc(N)cc2)C1. The van der Waals surface area contributed by atoms with E-state index in [1.54, 1.807) is 6.08 Å². The Balaban J connectivity index is 1.97. The zero-order chi connectivity index (χ0) is 14.6. The van der Waals surface area contributed by atoms with Gasteiger partial charge in [0.2, 0.25) is 5.91 Å². The van der Waals surface area contributed by atoms with E-state index in [2.05, 4.69) is 13.8 Å². The van der Waals surface area contributed by atoms with E-state index in [-0.39, 0.29) is 5.91 Å². The molecule has 2 N–H and O–H groups in total. The number of benzene rings is 1. The maximum atomic E-state index is 12.2. The molecule has 3 heteroatoms. The van der Waals surface area contributed by atoms with Crippen LogP contribution in [0.3, 0.4) is 0 Å². The summed E-state index contributed by atoms with van der Waals surface area (Å²) < 4.78 is 0. The third-order valence-electron chi connectivity index (χ3n) is 4.60. The average molecular weight is 272 g/mol. The second-order valence-corrected chi connectivity index (χ2v) is 5.72. The van der Waals surface area contributed by atoms with Crippen molar-refractivity contribution in [3.8, 4) is 0 Å². The molecule has 1 heterocycles. The topological polar surface area (TPSA) is 46.3 Å². The third-order valence-corrected chi connectivity index (χ3v) is 4.60. The fourth-order valence-corrected chi connectivity index (χ4v) is 2.83. The van der Waals surface area contributed by atoms with Gasteiger partial charge in [-0.05, 0) is 48.4 Å². The lowest BCUT2D eigenvalue weighted by Crippen LogP contribution is -2.30. The highest BCUT2D eigenvalue weighted by molar-refractivity contribution is 5.92. The fourth-order valence-electron chi connectivity index (χ4n) is 2.83. The molecular weight excluding hydrogens is 248 g/mol. The normalized spacial score (nSPS) is 17.8. The van der Waals surface area contributed by atoms with Crippen molar-refractivity contribution in [2.24, 2.45) is 5.41 Å². The van der Waals surface area contributed by atoms with Crippen LogP contribution in [0.15, 0.2) is 30.3 Å². The molecule has 2 rings (SSSR count). The zero-order valence-corrected chi connectivity index (χ0v) is 12.4. The first-order chi connectivity index (χ1) is 9.58. The maximum Gasteiger partial charge on any atom is 0.246 e. The molecule has 3 nitrogen and oxygen atoms in total. The Morgan fingerprint density at radius 2 is 1.95 bits per heavy atom. The van der Waals surface area contributed by atoms with Crippen LogP contribution >= 0.6 is 0 Å². The van der Waals surface area contributed by atoms with E-state index in [1.807, 2.05) is 35.2 Å². The Morgan fingerprint density at radius 3 is 2.50 bits per heavy atom. The van der Waals surface area contributed by atoms with Crippen molar-refractivity contribution in [2.75, 3.05) is 18.8 Å². The molecule has 108 valence electrons. The van der Waals surface area contributed by atoms with Gasteiger partial charge >= 0.3 is 0 Å². The number of nitrogen functional groups attached to an aromatic ring is 1. The summed E-state index contributed by atoms with van der Waals surface area (Å²) >= 11 is 0. The maximum absolute atomic E-state index is 12.2. The van der Waals surface area contributed by atoms with E-state index >= 15 is 0 Å². The number of amides is 1. The second-order valence-electron chi connectivity index (χ2n) is 5.72. The molecule has 0 spiro atoms. The molecule has 1 amide bonds. The minimum atomic E-state index is 0.116. The van der Waals surface area contributed by atoms with Crippen molar-refractivity contribution in [3.05, 3.63) is 35.9 Å². The minimum Gasteiger partial charge on any atom is -0.399 e. The van der Waals surface area contributed by atoms with Crippen LogP contribution in [0.25, 0.3) is 6.08 Å². The fraction of sp³-hybridized carbons (Fsp3) is 0.471. The molecule has 1 aliphatic rings. The first-order valence-corrected chi connectivity index (χ1v) is 7.41. The Labute approximate surface area is 121 Å². The molecule has 0 aliphatic carbocycles. The van der Waals surface area contributed by atoms with Crippen molar-refractivity contribution in [1.29, 1.82) is 0 Å². The summed E-state index contributed by atoms with van der Waals surface area (Å²) in [4.78, 5) is 14.2. The number of hydrogen-bond donors (Lipinski definition) is 1. The third kappa shape index (κ3) is 3.21. The van der Waals surface area contributed by atoms with Crippen LogP contribution in [-0.4, -0.2) is 23.9 Å². The summed E-state index contributed by atoms with van der Waals surface area (Å²) in [5, 5.41) is 0. The van der Waals surface area contributed by atoms with Gasteiger partial charge in [-0.25, -0.2) is 0 Å². The van der Waals surface area contributed by atoms with Crippen molar-refractivity contribution in [3.63, 3.8) is 0 Å². The van der Waals surface area contributed by atoms with Crippen LogP contribution in [0.5, 0.6) is 0 Å². The van der Waals surface area contributed by atoms with Crippen molar-refractivity contribution < 1.29 is 4.79 Å². The van der Waals surface area contributed by atoms with Crippen LogP contribution in [0.1, 0.15) is 38.7 Å². The first kappa shape index (κ1) is 14.6. The lowest BCUT2D eigenvalue weighted by molar-refractivity contribution is -0.125. The number of likely N-dealkylation sites (tertiary alicyclic amines) is 1. The van der Waals surface area contributed by atoms with Gasteiger partial charge in [-0.1, -0.05) is 26.0 Å². The van der Waals surface area contributed by atoms with Gasteiger partial charge in [-0.15, -0.1) is 0 Å². The van der Waals surface area contributed by atoms with E-state index in [1.165, 1.54) is 0 Å². The van der Waals surface area contributed by atoms with Gasteiger partial charge in [-0.2, -0.15) is 0 Å². The van der Waals surface area contributed by atoms with Gasteiger partial charge in [-0.3, -0.25) is 4.79 Å². The predicted octanol–water partition coefficient (Wildman–Crippen LogP) is 3.32. The predicted molar refractivity (Wildman–Crippen MR) is 84.1 cm³/mol. The largest absolute Gasteiger partial charge is 0.399 e. The Bertz CT molecular complexity index is 486. The van der Waals surface area contributed by atoms with Crippen LogP contribution in [0.2, 0.25) is 0 Å². The van der Waals surface area contributed by atoms with E-state index in [0.29, 0.717) is 5.41 Å². The molecule has 1 aromatic carbocycles. The van der Waals surface area contributed by atoms with Gasteiger partial charge in [0.15, 0.2) is 0 Å². The van der Waals surface area contributed by atoms with Crippen LogP contribution < -0.4 is 5.73 Å². The molecule has 1 aliphatic heterocycles. The smallest absolute Gasteiger partial charge is 0.246 e. The lowest BCUT2D eigenvalue weighted by atomic mass is 9.82. The lowest BCUT2D eigenvalue weighted by Gasteiger charge is -2.25. The number of carbonyl (C=O) groups is 1. The van der Waals surface area contributed by atoms with Crippen LogP contribution in [0, 0.1) is 5.41 Å². The Kier molecular flexibility index (Phi) is 4.48. The summed E-state index contributed by atoms with van der Waals surface area (Å²) in [6.07, 6.45) is 6.96. The van der Waals surface area contributed by atoms with Gasteiger partial charge in [0.25, 0.3) is 0 Å². The summed E-state index contributed by atoms with van der Waals surface area (Å²) in [6.45, 7) is 6.22. The molecule has 0 saturated carbocycles. The van der Waals surface area contributed by atoms with Gasteiger partial charge in [0.1, 0.15) is 0 Å². The Hall–Kier alpha value is -1.77. The Morgan fingerprint density at radius 1 is 1.30 bits per heavy atom. The van der Waals surface area contributed by atoms with Crippen molar-refractivity contribution in [1.82, 2.24) is 4.90 Å². The molecule has 1 saturated heterocycles. The number of hydrogen-bond acceptors (Lipinski definition) is 2. The summed E-state index contributed by atoms with van der Waals surface area (Å²) in [5.41, 5.74) is 7.72. The molecular formula is C17H24N2O. The van der Waals surface area contributed by atoms with Crippen LogP contribution in [-0.2, 0) is 4.79 Å². The number of rotatable bonds is 4. The molecule has 0 radical (unpaired) electrons. The first-order valence-electron chi connectivity index (χ1n) is 7.41. The van der Waals surface area contributed by atoms with Gasteiger partial charge < -0.3 is 10.6 Å². The van der Waals surface area contributed by atoms with Crippen molar-refractivity contribution >= 4 is 17.7 Å². The summed E-state index contributed by atoms with van der Waals surface area (Å²) in [6, 6.07) is 7.54. The monoisotopic (exact) mass is 272 g/mol. The molecule has 1 aromatic rings. The van der Waals surface area contributed by atoms with E-state index < -0.39 is 0 Å². The highest BCUT2D eigenvalue weighted by Gasteiger charge is 2.36. The van der Waals surface area contributed by atoms with Crippen molar-refractivity contribution in [2.45, 2.75) is 33.1 Å². The highest BCUT2D eigenvalue weighted by atomic mass is 16.2. The number of nitrogens with zero attached hydrogens (tertiary/aromatic N) is 1. The van der Waals surface area contributed by atoms with Gasteiger partial charge in [0.05, 0.1) is 0 Å². The molecule has 20 heavy (non-hydrogen) atoms. The molecule has 0 aromatic heterocycles. The zero-order valence-electron chi connectivity index (χ0n) is 12.4. The molecule has 1 fully saturated rings. The van der Waals surface area contributed by atoms with Crippen LogP contribution in [0.4, 0.5) is 5.69 Å². The molecule has 0 bridgehead atoms. The molecule has 0 atom stereocenters. The highest BCUT2D eigenvalue weighted by Crippen LogP contribution is 2.36.